The predicted octanol–water partition coefficient (Wildman–Crippen LogP) is 4.82. The number of hydrogen-bond acceptors (Lipinski definition) is 2. The van der Waals surface area contributed by atoms with Crippen molar-refractivity contribution in [3.05, 3.63) is 42.2 Å². The predicted molar refractivity (Wildman–Crippen MR) is 84.2 cm³/mol. The molecule has 1 unspecified atom stereocenters. The lowest BCUT2D eigenvalue weighted by atomic mass is 9.67. The van der Waals surface area contributed by atoms with Crippen LogP contribution in [-0.4, -0.2) is 5.78 Å². The normalized spacial score (nSPS) is 24.2. The van der Waals surface area contributed by atoms with Gasteiger partial charge in [-0.15, -0.1) is 0 Å². The first-order valence-corrected chi connectivity index (χ1v) is 8.07. The highest BCUT2D eigenvalue weighted by Crippen LogP contribution is 2.53. The van der Waals surface area contributed by atoms with Crippen molar-refractivity contribution >= 4 is 5.78 Å². The van der Waals surface area contributed by atoms with Crippen LogP contribution in [-0.2, 0) is 4.79 Å². The Labute approximate surface area is 127 Å². The van der Waals surface area contributed by atoms with Crippen LogP contribution in [0.3, 0.4) is 0 Å². The molecular formula is C19H24O2. The van der Waals surface area contributed by atoms with Gasteiger partial charge >= 0.3 is 0 Å². The van der Waals surface area contributed by atoms with Gasteiger partial charge in [-0.05, 0) is 43.7 Å². The first-order valence-electron chi connectivity index (χ1n) is 8.07. The average molecular weight is 284 g/mol. The van der Waals surface area contributed by atoms with Gasteiger partial charge in [0.25, 0.3) is 0 Å². The number of aryl methyl sites for hydroxylation is 1. The highest BCUT2D eigenvalue weighted by molar-refractivity contribution is 5.86. The van der Waals surface area contributed by atoms with E-state index in [-0.39, 0.29) is 11.3 Å². The lowest BCUT2D eigenvalue weighted by Gasteiger charge is -2.38. The molecule has 2 saturated carbocycles. The quantitative estimate of drug-likeness (QED) is 0.744. The van der Waals surface area contributed by atoms with Crippen molar-refractivity contribution in [3.8, 4) is 5.75 Å². The van der Waals surface area contributed by atoms with Crippen molar-refractivity contribution < 1.29 is 9.53 Å². The third-order valence-corrected chi connectivity index (χ3v) is 5.24. The van der Waals surface area contributed by atoms with E-state index in [1.807, 2.05) is 24.3 Å². The molecular weight excluding hydrogens is 260 g/mol. The number of Topliss-reactive ketones (excluding diaryl/α,β-unsaturated/α-hetero) is 1. The van der Waals surface area contributed by atoms with Crippen molar-refractivity contribution in [2.45, 2.75) is 51.9 Å². The molecule has 1 aromatic rings. The lowest BCUT2D eigenvalue weighted by molar-refractivity contribution is -0.122. The van der Waals surface area contributed by atoms with Crippen LogP contribution < -0.4 is 4.74 Å². The second-order valence-electron chi connectivity index (χ2n) is 6.70. The fraction of sp³-hybridized carbons (Fsp3) is 0.526. The van der Waals surface area contributed by atoms with E-state index in [1.54, 1.807) is 0 Å². The fourth-order valence-corrected chi connectivity index (χ4v) is 4.13. The number of ether oxygens (including phenoxy) is 1. The molecule has 3 rings (SSSR count). The maximum Gasteiger partial charge on any atom is 0.144 e. The van der Waals surface area contributed by atoms with Gasteiger partial charge < -0.3 is 4.74 Å². The number of hydrogen-bond donors (Lipinski definition) is 0. The van der Waals surface area contributed by atoms with Crippen molar-refractivity contribution in [1.29, 1.82) is 0 Å². The van der Waals surface area contributed by atoms with Gasteiger partial charge in [0.05, 0.1) is 5.92 Å². The largest absolute Gasteiger partial charge is 0.462 e. The van der Waals surface area contributed by atoms with Crippen molar-refractivity contribution in [2.75, 3.05) is 0 Å². The van der Waals surface area contributed by atoms with Crippen LogP contribution in [0, 0.1) is 18.3 Å². The van der Waals surface area contributed by atoms with Crippen molar-refractivity contribution in [1.82, 2.24) is 0 Å². The van der Waals surface area contributed by atoms with Crippen LogP contribution in [0.2, 0.25) is 0 Å². The molecule has 0 N–H and O–H groups in total. The summed E-state index contributed by atoms with van der Waals surface area (Å²) in [4.78, 5) is 12.4. The van der Waals surface area contributed by atoms with E-state index >= 15 is 0 Å². The molecule has 0 aromatic heterocycles. The maximum atomic E-state index is 12.4. The molecule has 1 atom stereocenters. The highest BCUT2D eigenvalue weighted by Gasteiger charge is 2.50. The summed E-state index contributed by atoms with van der Waals surface area (Å²) in [6.45, 7) is 6.16. The molecule has 2 aliphatic rings. The van der Waals surface area contributed by atoms with E-state index in [9.17, 15) is 4.79 Å². The van der Waals surface area contributed by atoms with Gasteiger partial charge in [0.1, 0.15) is 17.3 Å². The first kappa shape index (κ1) is 14.4. The first-order chi connectivity index (χ1) is 10.1. The summed E-state index contributed by atoms with van der Waals surface area (Å²) in [5.74, 6) is 1.67. The van der Waals surface area contributed by atoms with Crippen LogP contribution in [0.4, 0.5) is 0 Å². The monoisotopic (exact) mass is 284 g/mol. The molecule has 2 heteroatoms. The van der Waals surface area contributed by atoms with Gasteiger partial charge in [-0.25, -0.2) is 0 Å². The van der Waals surface area contributed by atoms with E-state index in [2.05, 4.69) is 13.5 Å². The Morgan fingerprint density at radius 2 is 1.81 bits per heavy atom. The summed E-state index contributed by atoms with van der Waals surface area (Å²) < 4.78 is 5.94. The second-order valence-corrected chi connectivity index (χ2v) is 6.70. The van der Waals surface area contributed by atoms with Gasteiger partial charge in [0.15, 0.2) is 0 Å². The van der Waals surface area contributed by atoms with E-state index in [0.717, 1.165) is 25.0 Å². The SMILES string of the molecule is C=C(Oc1ccc(C)cc1)C1C(=O)CCC12CCCCC2. The Kier molecular flexibility index (Phi) is 3.88. The van der Waals surface area contributed by atoms with Gasteiger partial charge in [-0.3, -0.25) is 4.79 Å². The summed E-state index contributed by atoms with van der Waals surface area (Å²) in [5, 5.41) is 0. The zero-order chi connectivity index (χ0) is 14.9. The summed E-state index contributed by atoms with van der Waals surface area (Å²) in [6, 6.07) is 7.95. The summed E-state index contributed by atoms with van der Waals surface area (Å²) in [5.41, 5.74) is 1.34. The van der Waals surface area contributed by atoms with Gasteiger partial charge in [0, 0.05) is 6.42 Å². The maximum absolute atomic E-state index is 12.4. The minimum atomic E-state index is -0.0981. The average Bonchev–Trinajstić information content (AvgIpc) is 2.79. The van der Waals surface area contributed by atoms with E-state index < -0.39 is 0 Å². The smallest absolute Gasteiger partial charge is 0.144 e. The molecule has 0 amide bonds. The highest BCUT2D eigenvalue weighted by atomic mass is 16.5. The topological polar surface area (TPSA) is 26.3 Å². The van der Waals surface area contributed by atoms with E-state index in [1.165, 1.54) is 24.8 Å². The van der Waals surface area contributed by atoms with Gasteiger partial charge in [-0.2, -0.15) is 0 Å². The molecule has 2 nitrogen and oxygen atoms in total. The van der Waals surface area contributed by atoms with E-state index in [4.69, 9.17) is 4.74 Å². The number of benzene rings is 1. The third kappa shape index (κ3) is 2.76. The Morgan fingerprint density at radius 3 is 2.48 bits per heavy atom. The number of carbonyl (C=O) groups excluding carboxylic acids is 1. The summed E-state index contributed by atoms with van der Waals surface area (Å²) in [6.07, 6.45) is 7.80. The Balaban J connectivity index is 1.78. The Hall–Kier alpha value is -1.57. The molecule has 0 radical (unpaired) electrons. The molecule has 2 fully saturated rings. The number of carbonyl (C=O) groups is 1. The van der Waals surface area contributed by atoms with Crippen LogP contribution >= 0.6 is 0 Å². The fourth-order valence-electron chi connectivity index (χ4n) is 4.13. The zero-order valence-electron chi connectivity index (χ0n) is 12.9. The molecule has 2 aliphatic carbocycles. The summed E-state index contributed by atoms with van der Waals surface area (Å²) >= 11 is 0. The lowest BCUT2D eigenvalue weighted by Crippen LogP contribution is -2.33. The minimum Gasteiger partial charge on any atom is -0.462 e. The van der Waals surface area contributed by atoms with Crippen molar-refractivity contribution in [2.24, 2.45) is 11.3 Å². The summed E-state index contributed by atoms with van der Waals surface area (Å²) in [7, 11) is 0. The molecule has 0 aliphatic heterocycles. The second kappa shape index (κ2) is 5.67. The molecule has 1 spiro atoms. The van der Waals surface area contributed by atoms with Gasteiger partial charge in [0.2, 0.25) is 0 Å². The van der Waals surface area contributed by atoms with Gasteiger partial charge in [-0.1, -0.05) is 43.5 Å². The zero-order valence-corrected chi connectivity index (χ0v) is 12.9. The van der Waals surface area contributed by atoms with E-state index in [0.29, 0.717) is 18.0 Å². The molecule has 0 heterocycles. The number of rotatable bonds is 3. The molecule has 0 bridgehead atoms. The third-order valence-electron chi connectivity index (χ3n) is 5.24. The van der Waals surface area contributed by atoms with Crippen LogP contribution in [0.1, 0.15) is 50.5 Å². The van der Waals surface area contributed by atoms with Crippen molar-refractivity contribution in [3.63, 3.8) is 0 Å². The molecule has 0 saturated heterocycles. The minimum absolute atomic E-state index is 0.0981. The standard InChI is InChI=1S/C19H24O2/c1-14-6-8-16(9-7-14)21-15(2)18-17(20)10-13-19(18)11-4-3-5-12-19/h6-9,18H,2-5,10-13H2,1H3. The molecule has 112 valence electrons. The number of allylic oxidation sites excluding steroid dienone is 1. The Morgan fingerprint density at radius 1 is 1.14 bits per heavy atom. The van der Waals surface area contributed by atoms with Crippen LogP contribution in [0.15, 0.2) is 36.6 Å². The Bertz CT molecular complexity index is 535. The van der Waals surface area contributed by atoms with Crippen LogP contribution in [0.25, 0.3) is 0 Å². The van der Waals surface area contributed by atoms with Crippen LogP contribution in [0.5, 0.6) is 5.75 Å². The molecule has 1 aromatic carbocycles. The molecule has 21 heavy (non-hydrogen) atoms. The number of ketones is 1.